The molecule has 2 aliphatic heterocycles. The molecule has 3 heterocycles. The van der Waals surface area contributed by atoms with Crippen molar-refractivity contribution in [1.82, 2.24) is 14.8 Å². The van der Waals surface area contributed by atoms with Crippen molar-refractivity contribution in [3.63, 3.8) is 0 Å². The average Bonchev–Trinajstić information content (AvgIpc) is 3.38. The van der Waals surface area contributed by atoms with E-state index < -0.39 is 0 Å². The maximum Gasteiger partial charge on any atom is 0.258 e. The first kappa shape index (κ1) is 19.4. The first-order chi connectivity index (χ1) is 13.6. The third kappa shape index (κ3) is 2.94. The number of hydrogen-bond acceptors (Lipinski definition) is 4. The lowest BCUT2D eigenvalue weighted by Gasteiger charge is -2.30. The zero-order chi connectivity index (χ0) is 19.8. The molecule has 1 aromatic rings. The van der Waals surface area contributed by atoms with Gasteiger partial charge in [-0.05, 0) is 56.9 Å². The molecule has 1 amide bonds. The minimum Gasteiger partial charge on any atom is -0.396 e. The van der Waals surface area contributed by atoms with Crippen LogP contribution in [0.3, 0.4) is 0 Å². The van der Waals surface area contributed by atoms with Gasteiger partial charge in [0.05, 0.1) is 12.1 Å². The van der Waals surface area contributed by atoms with Gasteiger partial charge in [-0.25, -0.2) is 0 Å². The van der Waals surface area contributed by atoms with E-state index in [1.807, 2.05) is 17.6 Å². The number of carbonyl (C=O) groups is 1. The molecule has 0 unspecified atom stereocenters. The molecule has 4 rings (SSSR count). The first-order valence-electron chi connectivity index (χ1n) is 10.7. The van der Waals surface area contributed by atoms with Crippen LogP contribution in [0.2, 0.25) is 0 Å². The zero-order valence-electron chi connectivity index (χ0n) is 16.9. The Morgan fingerprint density at radius 1 is 1.32 bits per heavy atom. The van der Waals surface area contributed by atoms with Crippen molar-refractivity contribution in [2.24, 2.45) is 11.8 Å². The van der Waals surface area contributed by atoms with Gasteiger partial charge in [-0.2, -0.15) is 0 Å². The van der Waals surface area contributed by atoms with Gasteiger partial charge >= 0.3 is 0 Å². The monoisotopic (exact) mass is 385 g/mol. The van der Waals surface area contributed by atoms with Crippen molar-refractivity contribution in [2.45, 2.75) is 58.2 Å². The van der Waals surface area contributed by atoms with E-state index in [9.17, 15) is 14.7 Å². The molecule has 6 heteroatoms. The van der Waals surface area contributed by atoms with E-state index in [1.54, 1.807) is 0 Å². The molecule has 1 aliphatic carbocycles. The molecule has 6 nitrogen and oxygen atoms in total. The highest BCUT2D eigenvalue weighted by molar-refractivity contribution is 5.82. The first-order valence-corrected chi connectivity index (χ1v) is 10.7. The number of carbonyl (C=O) groups excluding carboxylic acids is 1. The number of likely N-dealkylation sites (N-methyl/N-ethyl adjacent to an activating group) is 1. The van der Waals surface area contributed by atoms with Crippen molar-refractivity contribution < 1.29 is 9.90 Å². The Balaban J connectivity index is 1.75. The van der Waals surface area contributed by atoms with Gasteiger partial charge in [0.15, 0.2) is 0 Å². The number of hydrogen-bond donors (Lipinski definition) is 2. The summed E-state index contributed by atoms with van der Waals surface area (Å²) in [4.78, 5) is 28.2. The highest BCUT2D eigenvalue weighted by Gasteiger charge is 2.55. The summed E-state index contributed by atoms with van der Waals surface area (Å²) >= 11 is 0. The summed E-state index contributed by atoms with van der Waals surface area (Å²) in [6.07, 6.45) is 6.25. The summed E-state index contributed by atoms with van der Waals surface area (Å²) in [6.45, 7) is 5.93. The van der Waals surface area contributed by atoms with Gasteiger partial charge in [0.2, 0.25) is 5.91 Å². The van der Waals surface area contributed by atoms with Gasteiger partial charge in [0, 0.05) is 42.8 Å². The Bertz CT molecular complexity index is 844. The topological polar surface area (TPSA) is 74.6 Å². The second-order valence-electron chi connectivity index (χ2n) is 8.24. The molecule has 0 bridgehead atoms. The largest absolute Gasteiger partial charge is 0.396 e. The summed E-state index contributed by atoms with van der Waals surface area (Å²) in [5.41, 5.74) is 3.07. The lowest BCUT2D eigenvalue weighted by Crippen LogP contribution is -2.48. The van der Waals surface area contributed by atoms with E-state index in [1.165, 1.54) is 5.57 Å². The molecule has 0 saturated carbocycles. The minimum atomic E-state index is -0.332. The molecule has 152 valence electrons. The maximum atomic E-state index is 13.2. The fourth-order valence-electron chi connectivity index (χ4n) is 5.56. The molecule has 3 aliphatic rings. The van der Waals surface area contributed by atoms with Gasteiger partial charge in [-0.15, -0.1) is 0 Å². The highest BCUT2D eigenvalue weighted by Crippen LogP contribution is 2.49. The van der Waals surface area contributed by atoms with Gasteiger partial charge in [0.25, 0.3) is 5.56 Å². The molecule has 0 aromatic carbocycles. The quantitative estimate of drug-likeness (QED) is 0.785. The number of aliphatic hydroxyl groups excluding tert-OH is 1. The molecule has 0 spiro atoms. The van der Waals surface area contributed by atoms with Crippen LogP contribution in [0.25, 0.3) is 5.57 Å². The van der Waals surface area contributed by atoms with Crippen LogP contribution in [0, 0.1) is 11.8 Å². The third-order valence-electron chi connectivity index (χ3n) is 6.68. The predicted octanol–water partition coefficient (Wildman–Crippen LogP) is 1.93. The summed E-state index contributed by atoms with van der Waals surface area (Å²) in [5.74, 6) is -0.0766. The van der Waals surface area contributed by atoms with Crippen LogP contribution in [0.1, 0.15) is 56.8 Å². The highest BCUT2D eigenvalue weighted by atomic mass is 16.3. The number of pyridine rings is 1. The summed E-state index contributed by atoms with van der Waals surface area (Å²) < 4.78 is 1.91. The van der Waals surface area contributed by atoms with E-state index in [0.717, 1.165) is 43.5 Å². The summed E-state index contributed by atoms with van der Waals surface area (Å²) in [6, 6.07) is 3.74. The van der Waals surface area contributed by atoms with Gasteiger partial charge in [0.1, 0.15) is 0 Å². The smallest absolute Gasteiger partial charge is 0.258 e. The summed E-state index contributed by atoms with van der Waals surface area (Å²) in [7, 11) is 0. The van der Waals surface area contributed by atoms with E-state index in [2.05, 4.69) is 29.3 Å². The van der Waals surface area contributed by atoms with Gasteiger partial charge in [-0.3, -0.25) is 14.5 Å². The van der Waals surface area contributed by atoms with E-state index >= 15 is 0 Å². The lowest BCUT2D eigenvalue weighted by molar-refractivity contribution is -0.127. The molecule has 1 aromatic heterocycles. The van der Waals surface area contributed by atoms with E-state index in [4.69, 9.17) is 0 Å². The standard InChI is InChI=1S/C22H31N3O3/c1-3-11-24-19-16(17(13-26)20(24)21(27)23-4-2)12-25-18(19)10-9-15(22(25)28)14-7-5-6-8-14/h7,9-10,16-17,19-20,26H,3-6,8,11-13H2,1-2H3,(H,23,27)/t16-,17-,19+,20-/m1/s1. The number of rotatable bonds is 6. The van der Waals surface area contributed by atoms with E-state index in [-0.39, 0.29) is 42.0 Å². The fraction of sp³-hybridized carbons (Fsp3) is 0.636. The number of nitrogens with zero attached hydrogens (tertiary/aromatic N) is 2. The minimum absolute atomic E-state index is 0.00831. The van der Waals surface area contributed by atoms with Crippen LogP contribution >= 0.6 is 0 Å². The van der Waals surface area contributed by atoms with Crippen molar-refractivity contribution in [3.8, 4) is 0 Å². The Morgan fingerprint density at radius 3 is 2.79 bits per heavy atom. The van der Waals surface area contributed by atoms with Crippen LogP contribution in [0.15, 0.2) is 23.0 Å². The van der Waals surface area contributed by atoms with Crippen molar-refractivity contribution in [1.29, 1.82) is 0 Å². The van der Waals surface area contributed by atoms with E-state index in [0.29, 0.717) is 13.1 Å². The number of nitrogens with one attached hydrogen (secondary N) is 1. The average molecular weight is 386 g/mol. The molecule has 2 N–H and O–H groups in total. The molecule has 1 fully saturated rings. The number of aromatic nitrogens is 1. The summed E-state index contributed by atoms with van der Waals surface area (Å²) in [5, 5.41) is 13.1. The molecule has 1 saturated heterocycles. The van der Waals surface area contributed by atoms with Crippen molar-refractivity contribution in [2.75, 3.05) is 19.7 Å². The second kappa shape index (κ2) is 7.84. The molecular formula is C22H31N3O3. The number of likely N-dealkylation sites (tertiary alicyclic amines) is 1. The molecular weight excluding hydrogens is 354 g/mol. The van der Waals surface area contributed by atoms with Crippen LogP contribution in [-0.4, -0.2) is 46.2 Å². The molecule has 28 heavy (non-hydrogen) atoms. The Kier molecular flexibility index (Phi) is 5.43. The van der Waals surface area contributed by atoms with Crippen LogP contribution in [0.5, 0.6) is 0 Å². The number of fused-ring (bicyclic) bond motifs is 3. The van der Waals surface area contributed by atoms with Crippen LogP contribution < -0.4 is 10.9 Å². The normalized spacial score (nSPS) is 28.9. The fourth-order valence-corrected chi connectivity index (χ4v) is 5.56. The number of allylic oxidation sites excluding steroid dienone is 2. The molecule has 4 atom stereocenters. The predicted molar refractivity (Wildman–Crippen MR) is 109 cm³/mol. The Hall–Kier alpha value is -1.92. The Labute approximate surface area is 166 Å². The SMILES string of the molecule is CCCN1[C@@H]2c3ccc(C4=CCCC4)c(=O)n3C[C@@H]2[C@@H](CO)[C@@H]1C(=O)NCC. The van der Waals surface area contributed by atoms with Crippen LogP contribution in [-0.2, 0) is 11.3 Å². The molecule has 0 radical (unpaired) electrons. The van der Waals surface area contributed by atoms with Crippen LogP contribution in [0.4, 0.5) is 0 Å². The Morgan fingerprint density at radius 2 is 2.14 bits per heavy atom. The van der Waals surface area contributed by atoms with Crippen molar-refractivity contribution in [3.05, 3.63) is 39.8 Å². The van der Waals surface area contributed by atoms with Gasteiger partial charge < -0.3 is 15.0 Å². The number of aliphatic hydroxyl groups is 1. The second-order valence-corrected chi connectivity index (χ2v) is 8.24. The van der Waals surface area contributed by atoms with Crippen molar-refractivity contribution >= 4 is 11.5 Å². The zero-order valence-corrected chi connectivity index (χ0v) is 16.9. The lowest BCUT2D eigenvalue weighted by atomic mass is 9.88. The number of amides is 1. The third-order valence-corrected chi connectivity index (χ3v) is 6.68. The van der Waals surface area contributed by atoms with Gasteiger partial charge in [-0.1, -0.05) is 13.0 Å². The maximum absolute atomic E-state index is 13.2.